The highest BCUT2D eigenvalue weighted by molar-refractivity contribution is 5.82. The van der Waals surface area contributed by atoms with E-state index in [4.69, 9.17) is 4.74 Å². The highest BCUT2D eigenvalue weighted by Gasteiger charge is 2.44. The normalized spacial score (nSPS) is 25.4. The number of anilines is 1. The zero-order valence-electron chi connectivity index (χ0n) is 15.5. The van der Waals surface area contributed by atoms with E-state index in [1.165, 1.54) is 17.2 Å². The highest BCUT2D eigenvalue weighted by Crippen LogP contribution is 2.32. The Labute approximate surface area is 166 Å². The van der Waals surface area contributed by atoms with Crippen LogP contribution in [0.2, 0.25) is 0 Å². The largest absolute Gasteiger partial charge is 0.394 e. The first kappa shape index (κ1) is 19.7. The Morgan fingerprint density at radius 3 is 2.55 bits per heavy atom. The molecule has 154 valence electrons. The van der Waals surface area contributed by atoms with Gasteiger partial charge in [-0.25, -0.2) is 15.0 Å². The van der Waals surface area contributed by atoms with Crippen molar-refractivity contribution in [1.82, 2.24) is 19.5 Å². The Balaban J connectivity index is 1.59. The summed E-state index contributed by atoms with van der Waals surface area (Å²) in [4.78, 5) is 12.8. The maximum absolute atomic E-state index is 10.3. The predicted octanol–water partition coefficient (Wildman–Crippen LogP) is -0.547. The third kappa shape index (κ3) is 3.80. The minimum absolute atomic E-state index is 0.101. The summed E-state index contributed by atoms with van der Waals surface area (Å²) in [7, 11) is 0. The van der Waals surface area contributed by atoms with Crippen LogP contribution in [0.3, 0.4) is 0 Å². The van der Waals surface area contributed by atoms with Gasteiger partial charge in [-0.05, 0) is 12.0 Å². The van der Waals surface area contributed by atoms with Crippen LogP contribution in [0.4, 0.5) is 5.82 Å². The van der Waals surface area contributed by atoms with Crippen molar-refractivity contribution in [2.75, 3.05) is 18.5 Å². The van der Waals surface area contributed by atoms with Gasteiger partial charge in [-0.3, -0.25) is 4.57 Å². The van der Waals surface area contributed by atoms with Crippen LogP contribution in [0.25, 0.3) is 11.2 Å². The summed E-state index contributed by atoms with van der Waals surface area (Å²) in [5.41, 5.74) is 1.91. The number of hydrogen-bond acceptors (Lipinski definition) is 9. The Hall–Kier alpha value is -2.63. The van der Waals surface area contributed by atoms with Crippen LogP contribution in [0.5, 0.6) is 0 Å². The molecule has 4 rings (SSSR count). The Morgan fingerprint density at radius 1 is 1.07 bits per heavy atom. The second-order valence-electron chi connectivity index (χ2n) is 6.99. The lowest BCUT2D eigenvalue weighted by Crippen LogP contribution is -2.33. The van der Waals surface area contributed by atoms with Crippen molar-refractivity contribution in [3.8, 4) is 0 Å². The minimum atomic E-state index is -1.24. The maximum Gasteiger partial charge on any atom is 0.167 e. The van der Waals surface area contributed by atoms with Gasteiger partial charge in [0.1, 0.15) is 24.6 Å². The molecule has 0 bridgehead atoms. The van der Waals surface area contributed by atoms with E-state index >= 15 is 0 Å². The van der Waals surface area contributed by atoms with Crippen LogP contribution in [-0.4, -0.2) is 77.5 Å². The number of imidazole rings is 1. The van der Waals surface area contributed by atoms with Crippen molar-refractivity contribution in [2.24, 2.45) is 0 Å². The Morgan fingerprint density at radius 2 is 1.86 bits per heavy atom. The fraction of sp³-hybridized carbons (Fsp3) is 0.421. The van der Waals surface area contributed by atoms with Crippen LogP contribution in [0.1, 0.15) is 11.8 Å². The molecule has 29 heavy (non-hydrogen) atoms. The molecule has 3 heterocycles. The number of ether oxygens (including phenoxy) is 1. The molecule has 1 fully saturated rings. The number of nitrogens with one attached hydrogen (secondary N) is 1. The first-order valence-corrected chi connectivity index (χ1v) is 9.33. The molecule has 0 radical (unpaired) electrons. The molecule has 10 nitrogen and oxygen atoms in total. The SMILES string of the molecule is OC[C@@H](Cc1ccccc1)Nc1ncnc2c1ncn2[C@@H]1O[C@H](CO)[C@@H](O)[C@H]1O. The molecule has 0 spiro atoms. The topological polar surface area (TPSA) is 146 Å². The van der Waals surface area contributed by atoms with E-state index in [0.717, 1.165) is 5.56 Å². The molecule has 2 aromatic heterocycles. The molecule has 10 heteroatoms. The number of nitrogens with zero attached hydrogens (tertiary/aromatic N) is 4. The summed E-state index contributed by atoms with van der Waals surface area (Å²) in [6, 6.07) is 9.50. The molecule has 1 aliphatic rings. The number of aliphatic hydroxyl groups is 4. The number of rotatable bonds is 7. The van der Waals surface area contributed by atoms with Crippen molar-refractivity contribution in [2.45, 2.75) is 37.0 Å². The van der Waals surface area contributed by atoms with E-state index < -0.39 is 31.1 Å². The molecule has 0 aliphatic carbocycles. The van der Waals surface area contributed by atoms with Gasteiger partial charge in [-0.1, -0.05) is 30.3 Å². The van der Waals surface area contributed by atoms with Gasteiger partial charge in [0.05, 0.1) is 25.6 Å². The van der Waals surface area contributed by atoms with Gasteiger partial charge in [0, 0.05) is 0 Å². The zero-order valence-corrected chi connectivity index (χ0v) is 15.5. The fourth-order valence-electron chi connectivity index (χ4n) is 3.51. The third-order valence-electron chi connectivity index (χ3n) is 5.04. The lowest BCUT2D eigenvalue weighted by molar-refractivity contribution is -0.0511. The van der Waals surface area contributed by atoms with Gasteiger partial charge < -0.3 is 30.5 Å². The number of fused-ring (bicyclic) bond motifs is 1. The van der Waals surface area contributed by atoms with E-state index in [1.807, 2.05) is 30.3 Å². The quantitative estimate of drug-likeness (QED) is 0.352. The first-order chi connectivity index (χ1) is 14.1. The predicted molar refractivity (Wildman–Crippen MR) is 103 cm³/mol. The standard InChI is InChI=1S/C19H23N5O5/c25-7-12(6-11-4-2-1-3-5-11)23-17-14-18(21-9-20-17)24(10-22-14)19-16(28)15(27)13(8-26)29-19/h1-5,9-10,12-13,15-16,19,25-28H,6-8H2,(H,20,21,23)/t12-,13-,15-,16-,19-/m1/s1. The van der Waals surface area contributed by atoms with E-state index in [9.17, 15) is 20.4 Å². The van der Waals surface area contributed by atoms with E-state index in [0.29, 0.717) is 23.4 Å². The van der Waals surface area contributed by atoms with Gasteiger partial charge in [0.15, 0.2) is 23.2 Å². The van der Waals surface area contributed by atoms with Gasteiger partial charge in [0.25, 0.3) is 0 Å². The average Bonchev–Trinajstić information content (AvgIpc) is 3.30. The average molecular weight is 401 g/mol. The number of aromatic nitrogens is 4. The Bertz CT molecular complexity index is 953. The van der Waals surface area contributed by atoms with E-state index in [-0.39, 0.29) is 12.6 Å². The zero-order chi connectivity index (χ0) is 20.4. The first-order valence-electron chi connectivity index (χ1n) is 9.33. The summed E-state index contributed by atoms with van der Waals surface area (Å²) in [5, 5.41) is 42.6. The van der Waals surface area contributed by atoms with Gasteiger partial charge >= 0.3 is 0 Å². The maximum atomic E-state index is 10.3. The van der Waals surface area contributed by atoms with E-state index in [1.54, 1.807) is 0 Å². The minimum Gasteiger partial charge on any atom is -0.394 e. The van der Waals surface area contributed by atoms with Crippen LogP contribution in [-0.2, 0) is 11.2 Å². The van der Waals surface area contributed by atoms with Crippen LogP contribution < -0.4 is 5.32 Å². The van der Waals surface area contributed by atoms with Crippen LogP contribution in [0.15, 0.2) is 43.0 Å². The van der Waals surface area contributed by atoms with Gasteiger partial charge in [-0.15, -0.1) is 0 Å². The molecule has 1 aliphatic heterocycles. The molecule has 5 atom stereocenters. The molecular weight excluding hydrogens is 378 g/mol. The summed E-state index contributed by atoms with van der Waals surface area (Å²) < 4.78 is 7.06. The molecule has 1 saturated heterocycles. The van der Waals surface area contributed by atoms with Crippen molar-refractivity contribution < 1.29 is 25.2 Å². The lowest BCUT2D eigenvalue weighted by Gasteiger charge is -2.18. The third-order valence-corrected chi connectivity index (χ3v) is 5.04. The smallest absolute Gasteiger partial charge is 0.167 e. The van der Waals surface area contributed by atoms with Gasteiger partial charge in [-0.2, -0.15) is 0 Å². The molecule has 1 aromatic carbocycles. The van der Waals surface area contributed by atoms with Crippen molar-refractivity contribution in [3.05, 3.63) is 48.5 Å². The molecule has 0 saturated carbocycles. The summed E-state index contributed by atoms with van der Waals surface area (Å²) in [6.45, 7) is -0.517. The summed E-state index contributed by atoms with van der Waals surface area (Å²) >= 11 is 0. The number of aliphatic hydroxyl groups excluding tert-OH is 4. The number of hydrogen-bond donors (Lipinski definition) is 5. The fourth-order valence-corrected chi connectivity index (χ4v) is 3.51. The van der Waals surface area contributed by atoms with Crippen LogP contribution in [0, 0.1) is 0 Å². The van der Waals surface area contributed by atoms with Crippen molar-refractivity contribution >= 4 is 17.0 Å². The molecule has 0 unspecified atom stereocenters. The highest BCUT2D eigenvalue weighted by atomic mass is 16.6. The second-order valence-corrected chi connectivity index (χ2v) is 6.99. The second kappa shape index (κ2) is 8.39. The van der Waals surface area contributed by atoms with Crippen LogP contribution >= 0.6 is 0 Å². The molecular formula is C19H23N5O5. The Kier molecular flexibility index (Phi) is 5.69. The summed E-state index contributed by atoms with van der Waals surface area (Å²) in [6.07, 6.45) is -0.898. The molecule has 3 aromatic rings. The van der Waals surface area contributed by atoms with Gasteiger partial charge in [0.2, 0.25) is 0 Å². The summed E-state index contributed by atoms with van der Waals surface area (Å²) in [5.74, 6) is 0.440. The number of benzene rings is 1. The van der Waals surface area contributed by atoms with E-state index in [2.05, 4.69) is 20.3 Å². The van der Waals surface area contributed by atoms with Crippen molar-refractivity contribution in [1.29, 1.82) is 0 Å². The molecule has 5 N–H and O–H groups in total. The van der Waals surface area contributed by atoms with Crippen molar-refractivity contribution in [3.63, 3.8) is 0 Å². The monoisotopic (exact) mass is 401 g/mol. The lowest BCUT2D eigenvalue weighted by atomic mass is 10.1. The molecule has 0 amide bonds.